The van der Waals surface area contributed by atoms with Crippen LogP contribution in [0.2, 0.25) is 5.02 Å². The van der Waals surface area contributed by atoms with Crippen LogP contribution in [0.15, 0.2) is 83.7 Å². The van der Waals surface area contributed by atoms with Gasteiger partial charge in [-0.05, 0) is 23.8 Å². The largest absolute Gasteiger partial charge is 0.340 e. The molecule has 0 aliphatic carbocycles. The molecule has 0 N–H and O–H groups in total. The maximum atomic E-state index is 13.1. The van der Waals surface area contributed by atoms with E-state index in [9.17, 15) is 9.59 Å². The number of aromatic nitrogens is 2. The van der Waals surface area contributed by atoms with Crippen LogP contribution in [0.5, 0.6) is 0 Å². The Morgan fingerprint density at radius 1 is 0.829 bits per heavy atom. The van der Waals surface area contributed by atoms with E-state index in [0.29, 0.717) is 29.2 Å². The first-order valence-corrected chi connectivity index (χ1v) is 12.3. The minimum atomic E-state index is -0.182. The molecule has 1 aliphatic rings. The molecule has 0 atom stereocenters. The number of benzene rings is 3. The lowest BCUT2D eigenvalue weighted by Crippen LogP contribution is -2.48. The molecule has 6 nitrogen and oxygen atoms in total. The first-order chi connectivity index (χ1) is 17.1. The Hall–Kier alpha value is -3.48. The zero-order valence-corrected chi connectivity index (χ0v) is 20.2. The van der Waals surface area contributed by atoms with E-state index in [1.807, 2.05) is 59.5 Å². The Bertz CT molecular complexity index is 1380. The van der Waals surface area contributed by atoms with Gasteiger partial charge in [-0.1, -0.05) is 72.3 Å². The fourth-order valence-electron chi connectivity index (χ4n) is 4.56. The smallest absolute Gasteiger partial charge is 0.274 e. The number of rotatable bonds is 6. The third kappa shape index (κ3) is 5.29. The Morgan fingerprint density at radius 2 is 1.49 bits per heavy atom. The molecule has 0 spiro atoms. The quantitative estimate of drug-likeness (QED) is 0.404. The molecule has 1 aliphatic heterocycles. The van der Waals surface area contributed by atoms with Crippen LogP contribution >= 0.6 is 11.6 Å². The van der Waals surface area contributed by atoms with Gasteiger partial charge in [0, 0.05) is 55.1 Å². The number of amides is 1. The van der Waals surface area contributed by atoms with Crippen molar-refractivity contribution in [3.8, 4) is 11.3 Å². The van der Waals surface area contributed by atoms with Crippen LogP contribution in [0.25, 0.3) is 22.0 Å². The van der Waals surface area contributed by atoms with Gasteiger partial charge in [0.15, 0.2) is 0 Å². The summed E-state index contributed by atoms with van der Waals surface area (Å²) in [5.41, 5.74) is 2.68. The second-order valence-corrected chi connectivity index (χ2v) is 9.26. The topological polar surface area (TPSA) is 58.4 Å². The van der Waals surface area contributed by atoms with E-state index >= 15 is 0 Å². The summed E-state index contributed by atoms with van der Waals surface area (Å²) in [6.07, 6.45) is 0.240. The van der Waals surface area contributed by atoms with Gasteiger partial charge < -0.3 is 4.90 Å². The van der Waals surface area contributed by atoms with Gasteiger partial charge in [0.1, 0.15) is 0 Å². The van der Waals surface area contributed by atoms with Crippen LogP contribution in [0.1, 0.15) is 12.0 Å². The highest BCUT2D eigenvalue weighted by molar-refractivity contribution is 6.30. The van der Waals surface area contributed by atoms with Crippen molar-refractivity contribution in [2.45, 2.75) is 19.5 Å². The highest BCUT2D eigenvalue weighted by atomic mass is 35.5. The SMILES string of the molecule is O=C(CCn1nc(-c2ccc(Cl)cc2)c2ccccc2c1=O)N1CCN(Cc2ccccc2)CC1. The Morgan fingerprint density at radius 3 is 2.20 bits per heavy atom. The van der Waals surface area contributed by atoms with Crippen LogP contribution in [0.4, 0.5) is 0 Å². The van der Waals surface area contributed by atoms with Crippen molar-refractivity contribution in [1.29, 1.82) is 0 Å². The van der Waals surface area contributed by atoms with Gasteiger partial charge in [-0.3, -0.25) is 14.5 Å². The average Bonchev–Trinajstić information content (AvgIpc) is 2.90. The van der Waals surface area contributed by atoms with Gasteiger partial charge >= 0.3 is 0 Å². The minimum absolute atomic E-state index is 0.0549. The third-order valence-electron chi connectivity index (χ3n) is 6.50. The predicted octanol–water partition coefficient (Wildman–Crippen LogP) is 4.45. The van der Waals surface area contributed by atoms with Gasteiger partial charge in [0.25, 0.3) is 5.56 Å². The first kappa shape index (κ1) is 23.3. The minimum Gasteiger partial charge on any atom is -0.340 e. The molecule has 2 heterocycles. The van der Waals surface area contributed by atoms with Gasteiger partial charge in [0.05, 0.1) is 17.6 Å². The molecule has 178 valence electrons. The summed E-state index contributed by atoms with van der Waals surface area (Å²) in [5.74, 6) is 0.0549. The van der Waals surface area contributed by atoms with Crippen LogP contribution < -0.4 is 5.56 Å². The molecule has 5 rings (SSSR count). The first-order valence-electron chi connectivity index (χ1n) is 11.9. The molecule has 0 bridgehead atoms. The van der Waals surface area contributed by atoms with Crippen LogP contribution in [0, 0.1) is 0 Å². The zero-order chi connectivity index (χ0) is 24.2. The maximum absolute atomic E-state index is 13.1. The number of carbonyl (C=O) groups excluding carboxylic acids is 1. The van der Waals surface area contributed by atoms with E-state index < -0.39 is 0 Å². The lowest BCUT2D eigenvalue weighted by Gasteiger charge is -2.34. The van der Waals surface area contributed by atoms with E-state index in [4.69, 9.17) is 11.6 Å². The highest BCUT2D eigenvalue weighted by Gasteiger charge is 2.21. The summed E-state index contributed by atoms with van der Waals surface area (Å²) >= 11 is 6.06. The van der Waals surface area contributed by atoms with E-state index in [-0.39, 0.29) is 24.4 Å². The predicted molar refractivity (Wildman–Crippen MR) is 139 cm³/mol. The fourth-order valence-corrected chi connectivity index (χ4v) is 4.69. The van der Waals surface area contributed by atoms with E-state index in [0.717, 1.165) is 30.6 Å². The monoisotopic (exact) mass is 486 g/mol. The average molecular weight is 487 g/mol. The Labute approximate surface area is 209 Å². The maximum Gasteiger partial charge on any atom is 0.274 e. The number of carbonyl (C=O) groups is 1. The number of aryl methyl sites for hydroxylation is 1. The number of nitrogens with zero attached hydrogens (tertiary/aromatic N) is 4. The van der Waals surface area contributed by atoms with Crippen molar-refractivity contribution >= 4 is 28.3 Å². The summed E-state index contributed by atoms with van der Waals surface area (Å²) in [5, 5.41) is 6.68. The van der Waals surface area contributed by atoms with Crippen molar-refractivity contribution in [3.63, 3.8) is 0 Å². The summed E-state index contributed by atoms with van der Waals surface area (Å²) < 4.78 is 1.43. The van der Waals surface area contributed by atoms with Crippen molar-refractivity contribution in [3.05, 3.63) is 99.8 Å². The molecule has 35 heavy (non-hydrogen) atoms. The van der Waals surface area contributed by atoms with Crippen LogP contribution in [-0.2, 0) is 17.9 Å². The number of hydrogen-bond acceptors (Lipinski definition) is 4. The zero-order valence-electron chi connectivity index (χ0n) is 19.4. The van der Waals surface area contributed by atoms with Crippen molar-refractivity contribution in [2.24, 2.45) is 0 Å². The third-order valence-corrected chi connectivity index (χ3v) is 6.75. The summed E-state index contributed by atoms with van der Waals surface area (Å²) in [7, 11) is 0. The van der Waals surface area contributed by atoms with Gasteiger partial charge in [0.2, 0.25) is 5.91 Å². The van der Waals surface area contributed by atoms with Gasteiger partial charge in [-0.2, -0.15) is 5.10 Å². The molecule has 4 aromatic rings. The molecule has 3 aromatic carbocycles. The standard InChI is InChI=1S/C28H27ClN4O2/c29-23-12-10-22(11-13-23)27-24-8-4-5-9-25(24)28(35)33(30-27)15-14-26(34)32-18-16-31(17-19-32)20-21-6-2-1-3-7-21/h1-13H,14-20H2. The molecule has 1 amide bonds. The van der Waals surface area contributed by atoms with Crippen molar-refractivity contribution in [2.75, 3.05) is 26.2 Å². The van der Waals surface area contributed by atoms with Crippen molar-refractivity contribution < 1.29 is 4.79 Å². The molecule has 1 aromatic heterocycles. The Balaban J connectivity index is 1.28. The van der Waals surface area contributed by atoms with Crippen LogP contribution in [0.3, 0.4) is 0 Å². The molecule has 1 saturated heterocycles. The molecular weight excluding hydrogens is 460 g/mol. The van der Waals surface area contributed by atoms with E-state index in [2.05, 4.69) is 34.3 Å². The summed E-state index contributed by atoms with van der Waals surface area (Å²) in [4.78, 5) is 30.3. The highest BCUT2D eigenvalue weighted by Crippen LogP contribution is 2.26. The lowest BCUT2D eigenvalue weighted by atomic mass is 10.1. The Kier molecular flexibility index (Phi) is 6.93. The molecule has 1 fully saturated rings. The summed E-state index contributed by atoms with van der Waals surface area (Å²) in [6.45, 7) is 4.22. The number of halogens is 1. The second kappa shape index (κ2) is 10.4. The molecular formula is C28H27ClN4O2. The van der Waals surface area contributed by atoms with Gasteiger partial charge in [-0.25, -0.2) is 4.68 Å². The number of hydrogen-bond donors (Lipinski definition) is 0. The van der Waals surface area contributed by atoms with Crippen molar-refractivity contribution in [1.82, 2.24) is 19.6 Å². The molecule has 7 heteroatoms. The summed E-state index contributed by atoms with van der Waals surface area (Å²) in [6, 6.07) is 25.2. The van der Waals surface area contributed by atoms with Crippen LogP contribution in [-0.4, -0.2) is 51.7 Å². The normalized spacial score (nSPS) is 14.4. The molecule has 0 unspecified atom stereocenters. The number of fused-ring (bicyclic) bond motifs is 1. The van der Waals surface area contributed by atoms with E-state index in [1.54, 1.807) is 0 Å². The van der Waals surface area contributed by atoms with Gasteiger partial charge in [-0.15, -0.1) is 0 Å². The van der Waals surface area contributed by atoms with E-state index in [1.165, 1.54) is 10.2 Å². The molecule has 0 saturated carbocycles. The molecule has 0 radical (unpaired) electrons. The number of piperazine rings is 1. The second-order valence-electron chi connectivity index (χ2n) is 8.82. The lowest BCUT2D eigenvalue weighted by molar-refractivity contribution is -0.133. The fraction of sp³-hybridized carbons (Fsp3) is 0.250.